The molecule has 1 aliphatic carbocycles. The highest BCUT2D eigenvalue weighted by Crippen LogP contribution is 2.31. The predicted octanol–water partition coefficient (Wildman–Crippen LogP) is 3.66. The molecule has 0 radical (unpaired) electrons. The second-order valence-electron chi connectivity index (χ2n) is 6.05. The smallest absolute Gasteiger partial charge is 0.253 e. The zero-order chi connectivity index (χ0) is 16.5. The third-order valence-electron chi connectivity index (χ3n) is 4.59. The molecule has 24 heavy (non-hydrogen) atoms. The lowest BCUT2D eigenvalue weighted by molar-refractivity contribution is 0.0936. The first kappa shape index (κ1) is 14.7. The van der Waals surface area contributed by atoms with Gasteiger partial charge in [-0.25, -0.2) is 0 Å². The van der Waals surface area contributed by atoms with Crippen LogP contribution in [0.3, 0.4) is 0 Å². The Labute approximate surface area is 140 Å². The Bertz CT molecular complexity index is 920. The van der Waals surface area contributed by atoms with E-state index in [9.17, 15) is 4.79 Å². The van der Waals surface area contributed by atoms with Gasteiger partial charge in [0.1, 0.15) is 5.75 Å². The number of aryl methyl sites for hydroxylation is 1. The van der Waals surface area contributed by atoms with Crippen molar-refractivity contribution in [3.8, 4) is 5.75 Å². The van der Waals surface area contributed by atoms with Gasteiger partial charge in [-0.1, -0.05) is 24.3 Å². The molecule has 1 heterocycles. The minimum absolute atomic E-state index is 0.0816. The molecule has 0 saturated heterocycles. The van der Waals surface area contributed by atoms with Gasteiger partial charge in [-0.15, -0.1) is 0 Å². The highest BCUT2D eigenvalue weighted by atomic mass is 16.5. The van der Waals surface area contributed by atoms with Gasteiger partial charge in [-0.2, -0.15) is 0 Å². The van der Waals surface area contributed by atoms with Crippen LogP contribution in [0.4, 0.5) is 0 Å². The third kappa shape index (κ3) is 2.60. The van der Waals surface area contributed by atoms with Gasteiger partial charge in [0.2, 0.25) is 0 Å². The van der Waals surface area contributed by atoms with Crippen LogP contribution < -0.4 is 10.1 Å². The lowest BCUT2D eigenvalue weighted by Crippen LogP contribution is -2.27. The lowest BCUT2D eigenvalue weighted by atomic mass is 10.1. The summed E-state index contributed by atoms with van der Waals surface area (Å²) in [6.07, 6.45) is 3.58. The molecule has 120 valence electrons. The fourth-order valence-electron chi connectivity index (χ4n) is 3.30. The molecule has 0 fully saturated rings. The summed E-state index contributed by atoms with van der Waals surface area (Å²) in [7, 11) is 1.63. The number of methoxy groups -OCH3 is 1. The third-order valence-corrected chi connectivity index (χ3v) is 4.59. The summed E-state index contributed by atoms with van der Waals surface area (Å²) in [5.41, 5.74) is 3.95. The van der Waals surface area contributed by atoms with Gasteiger partial charge in [0.05, 0.1) is 24.2 Å². The van der Waals surface area contributed by atoms with Crippen LogP contribution in [-0.4, -0.2) is 18.0 Å². The number of carbonyl (C=O) groups is 1. The number of nitrogens with zero attached hydrogens (tertiary/aromatic N) is 1. The molecule has 1 aliphatic rings. The molecule has 4 nitrogen and oxygen atoms in total. The van der Waals surface area contributed by atoms with Crippen LogP contribution in [0.15, 0.2) is 54.7 Å². The molecule has 4 heteroatoms. The van der Waals surface area contributed by atoms with Gasteiger partial charge in [0.15, 0.2) is 0 Å². The number of rotatable bonds is 3. The van der Waals surface area contributed by atoms with Gasteiger partial charge in [-0.3, -0.25) is 9.78 Å². The van der Waals surface area contributed by atoms with E-state index in [2.05, 4.69) is 22.4 Å². The average Bonchev–Trinajstić information content (AvgIpc) is 3.04. The molecule has 2 aromatic carbocycles. The molecular weight excluding hydrogens is 300 g/mol. The summed E-state index contributed by atoms with van der Waals surface area (Å²) in [6, 6.07) is 15.9. The zero-order valence-electron chi connectivity index (χ0n) is 13.5. The summed E-state index contributed by atoms with van der Waals surface area (Å²) >= 11 is 0. The van der Waals surface area contributed by atoms with Gasteiger partial charge in [0.25, 0.3) is 5.91 Å². The van der Waals surface area contributed by atoms with Crippen molar-refractivity contribution in [3.63, 3.8) is 0 Å². The Morgan fingerprint density at radius 3 is 2.96 bits per heavy atom. The van der Waals surface area contributed by atoms with E-state index in [1.165, 1.54) is 11.1 Å². The lowest BCUT2D eigenvalue weighted by Gasteiger charge is -2.14. The number of nitrogens with one attached hydrogen (secondary N) is 1. The first-order valence-electron chi connectivity index (χ1n) is 8.07. The molecular formula is C20H18N2O2. The molecule has 1 N–H and O–H groups in total. The van der Waals surface area contributed by atoms with Crippen molar-refractivity contribution in [2.24, 2.45) is 0 Å². The van der Waals surface area contributed by atoms with E-state index in [4.69, 9.17) is 4.74 Å². The highest BCUT2D eigenvalue weighted by molar-refractivity contribution is 5.97. The van der Waals surface area contributed by atoms with E-state index in [0.29, 0.717) is 5.56 Å². The van der Waals surface area contributed by atoms with E-state index >= 15 is 0 Å². The van der Waals surface area contributed by atoms with Crippen molar-refractivity contribution in [2.75, 3.05) is 7.11 Å². The number of pyridine rings is 1. The number of amides is 1. The van der Waals surface area contributed by atoms with Crippen LogP contribution in [0, 0.1) is 0 Å². The maximum absolute atomic E-state index is 12.6. The summed E-state index contributed by atoms with van der Waals surface area (Å²) in [6.45, 7) is 0. The quantitative estimate of drug-likeness (QED) is 0.802. The predicted molar refractivity (Wildman–Crippen MR) is 93.3 cm³/mol. The summed E-state index contributed by atoms with van der Waals surface area (Å²) < 4.78 is 5.20. The van der Waals surface area contributed by atoms with Crippen LogP contribution in [-0.2, 0) is 6.42 Å². The fraction of sp³-hybridized carbons (Fsp3) is 0.200. The van der Waals surface area contributed by atoms with Crippen molar-refractivity contribution >= 4 is 16.8 Å². The molecule has 0 bridgehead atoms. The molecule has 0 spiro atoms. The van der Waals surface area contributed by atoms with Crippen LogP contribution >= 0.6 is 0 Å². The van der Waals surface area contributed by atoms with Crippen molar-refractivity contribution in [1.29, 1.82) is 0 Å². The van der Waals surface area contributed by atoms with Gasteiger partial charge in [0, 0.05) is 17.6 Å². The van der Waals surface area contributed by atoms with Crippen molar-refractivity contribution in [3.05, 3.63) is 71.4 Å². The van der Waals surface area contributed by atoms with Crippen LogP contribution in [0.2, 0.25) is 0 Å². The van der Waals surface area contributed by atoms with E-state index in [1.807, 2.05) is 36.4 Å². The molecule has 1 unspecified atom stereocenters. The van der Waals surface area contributed by atoms with E-state index < -0.39 is 0 Å². The minimum Gasteiger partial charge on any atom is -0.497 e. The molecule has 1 atom stereocenters. The first-order valence-corrected chi connectivity index (χ1v) is 8.07. The van der Waals surface area contributed by atoms with Crippen molar-refractivity contribution in [2.45, 2.75) is 18.9 Å². The first-order chi connectivity index (χ1) is 11.7. The summed E-state index contributed by atoms with van der Waals surface area (Å²) in [5.74, 6) is 0.677. The maximum atomic E-state index is 12.6. The topological polar surface area (TPSA) is 51.2 Å². The molecule has 0 aliphatic heterocycles. The Balaban J connectivity index is 1.58. The number of hydrogen-bond acceptors (Lipinski definition) is 3. The van der Waals surface area contributed by atoms with Crippen LogP contribution in [0.25, 0.3) is 10.9 Å². The number of ether oxygens (including phenoxy) is 1. The van der Waals surface area contributed by atoms with Gasteiger partial charge < -0.3 is 10.1 Å². The van der Waals surface area contributed by atoms with Crippen molar-refractivity contribution < 1.29 is 9.53 Å². The second-order valence-corrected chi connectivity index (χ2v) is 6.05. The van der Waals surface area contributed by atoms with Crippen LogP contribution in [0.5, 0.6) is 5.75 Å². The minimum atomic E-state index is -0.0816. The van der Waals surface area contributed by atoms with E-state index in [-0.39, 0.29) is 11.9 Å². The molecule has 1 amide bonds. The van der Waals surface area contributed by atoms with E-state index in [1.54, 1.807) is 13.3 Å². The largest absolute Gasteiger partial charge is 0.497 e. The van der Waals surface area contributed by atoms with Crippen molar-refractivity contribution in [1.82, 2.24) is 10.3 Å². The standard InChI is InChI=1S/C20H18N2O2/c1-24-16-8-6-14-10-15(12-21-19(14)11-16)20(23)22-18-9-7-13-4-2-3-5-17(13)18/h2-6,8,10-12,18H,7,9H2,1H3,(H,22,23). The molecule has 3 aromatic rings. The number of fused-ring (bicyclic) bond motifs is 2. The fourth-order valence-corrected chi connectivity index (χ4v) is 3.30. The van der Waals surface area contributed by atoms with Gasteiger partial charge in [-0.05, 0) is 42.2 Å². The Morgan fingerprint density at radius 2 is 2.08 bits per heavy atom. The second kappa shape index (κ2) is 5.96. The van der Waals surface area contributed by atoms with Gasteiger partial charge >= 0.3 is 0 Å². The molecule has 0 saturated carbocycles. The Morgan fingerprint density at radius 1 is 1.21 bits per heavy atom. The Kier molecular flexibility index (Phi) is 3.65. The normalized spacial score (nSPS) is 16.0. The SMILES string of the molecule is COc1ccc2cc(C(=O)NC3CCc4ccccc43)cnc2c1. The Hall–Kier alpha value is -2.88. The molecule has 4 rings (SSSR count). The highest BCUT2D eigenvalue weighted by Gasteiger charge is 2.23. The number of carbonyl (C=O) groups excluding carboxylic acids is 1. The molecule has 1 aromatic heterocycles. The summed E-state index contributed by atoms with van der Waals surface area (Å²) in [5, 5.41) is 4.06. The average molecular weight is 318 g/mol. The zero-order valence-corrected chi connectivity index (χ0v) is 13.5. The monoisotopic (exact) mass is 318 g/mol. The maximum Gasteiger partial charge on any atom is 0.253 e. The number of benzene rings is 2. The number of aromatic nitrogens is 1. The van der Waals surface area contributed by atoms with Crippen LogP contribution in [0.1, 0.15) is 33.9 Å². The summed E-state index contributed by atoms with van der Waals surface area (Å²) in [4.78, 5) is 17.0. The number of hydrogen-bond donors (Lipinski definition) is 1. The van der Waals surface area contributed by atoms with E-state index in [0.717, 1.165) is 29.5 Å².